The molecule has 1 aromatic heterocycles. The Morgan fingerprint density at radius 3 is 2.90 bits per heavy atom. The van der Waals surface area contributed by atoms with Crippen LogP contribution in [0.15, 0.2) is 35.7 Å². The minimum atomic E-state index is -0.00731. The van der Waals surface area contributed by atoms with Crippen LogP contribution < -0.4 is 5.32 Å². The largest absolute Gasteiger partial charge is 0.323 e. The SMILES string of the molecule is Cc1cccc(NC(=O)N2CCS[C@@H]2c2cccs2)c1C. The highest BCUT2D eigenvalue weighted by Gasteiger charge is 2.31. The van der Waals surface area contributed by atoms with E-state index in [0.717, 1.165) is 23.5 Å². The predicted octanol–water partition coefficient (Wildman–Crippen LogP) is 4.64. The average molecular weight is 318 g/mol. The summed E-state index contributed by atoms with van der Waals surface area (Å²) in [6.07, 6.45) is 0. The Balaban J connectivity index is 1.77. The van der Waals surface area contributed by atoms with Gasteiger partial charge in [0.1, 0.15) is 5.37 Å². The van der Waals surface area contributed by atoms with E-state index in [-0.39, 0.29) is 11.4 Å². The van der Waals surface area contributed by atoms with Crippen LogP contribution in [-0.2, 0) is 0 Å². The van der Waals surface area contributed by atoms with Crippen LogP contribution in [0.3, 0.4) is 0 Å². The molecule has 0 bridgehead atoms. The number of thioether (sulfide) groups is 1. The van der Waals surface area contributed by atoms with Crippen molar-refractivity contribution in [3.8, 4) is 0 Å². The third-order valence-electron chi connectivity index (χ3n) is 3.78. The van der Waals surface area contributed by atoms with Gasteiger partial charge in [-0.05, 0) is 42.5 Å². The number of rotatable bonds is 2. The predicted molar refractivity (Wildman–Crippen MR) is 91.2 cm³/mol. The Hall–Kier alpha value is -1.46. The number of nitrogens with zero attached hydrogens (tertiary/aromatic N) is 1. The van der Waals surface area contributed by atoms with Crippen molar-refractivity contribution in [2.45, 2.75) is 19.2 Å². The van der Waals surface area contributed by atoms with E-state index in [1.54, 1.807) is 11.3 Å². The molecule has 110 valence electrons. The number of anilines is 1. The van der Waals surface area contributed by atoms with Gasteiger partial charge in [-0.3, -0.25) is 0 Å². The number of carbonyl (C=O) groups excluding carboxylic acids is 1. The Labute approximate surface area is 133 Å². The van der Waals surface area contributed by atoms with Gasteiger partial charge >= 0.3 is 6.03 Å². The summed E-state index contributed by atoms with van der Waals surface area (Å²) in [6.45, 7) is 4.90. The molecule has 1 aliphatic rings. The molecule has 1 atom stereocenters. The number of urea groups is 1. The highest BCUT2D eigenvalue weighted by atomic mass is 32.2. The van der Waals surface area contributed by atoms with Crippen molar-refractivity contribution in [3.63, 3.8) is 0 Å². The molecule has 2 amide bonds. The van der Waals surface area contributed by atoms with Gasteiger partial charge in [0.2, 0.25) is 0 Å². The molecule has 1 N–H and O–H groups in total. The highest BCUT2D eigenvalue weighted by molar-refractivity contribution is 7.99. The summed E-state index contributed by atoms with van der Waals surface area (Å²) >= 11 is 3.54. The zero-order valence-corrected chi connectivity index (χ0v) is 13.8. The molecule has 1 aromatic carbocycles. The first-order chi connectivity index (χ1) is 10.2. The Kier molecular flexibility index (Phi) is 4.22. The fourth-order valence-corrected chi connectivity index (χ4v) is 4.65. The zero-order chi connectivity index (χ0) is 14.8. The molecule has 1 aliphatic heterocycles. The van der Waals surface area contributed by atoms with Crippen LogP contribution in [0.5, 0.6) is 0 Å². The van der Waals surface area contributed by atoms with Crippen molar-refractivity contribution in [2.24, 2.45) is 0 Å². The number of amides is 2. The van der Waals surface area contributed by atoms with E-state index in [4.69, 9.17) is 0 Å². The summed E-state index contributed by atoms with van der Waals surface area (Å²) in [6, 6.07) is 10.1. The van der Waals surface area contributed by atoms with Crippen LogP contribution in [-0.4, -0.2) is 23.2 Å². The van der Waals surface area contributed by atoms with Crippen molar-refractivity contribution in [2.75, 3.05) is 17.6 Å². The molecule has 3 rings (SSSR count). The molecule has 1 saturated heterocycles. The van der Waals surface area contributed by atoms with Crippen LogP contribution >= 0.6 is 23.1 Å². The fourth-order valence-electron chi connectivity index (χ4n) is 2.42. The lowest BCUT2D eigenvalue weighted by Crippen LogP contribution is -2.34. The maximum absolute atomic E-state index is 12.6. The quantitative estimate of drug-likeness (QED) is 0.874. The van der Waals surface area contributed by atoms with Gasteiger partial charge in [-0.15, -0.1) is 23.1 Å². The minimum absolute atomic E-state index is 0.00731. The van der Waals surface area contributed by atoms with Crippen LogP contribution in [0.1, 0.15) is 21.4 Å². The lowest BCUT2D eigenvalue weighted by Gasteiger charge is -2.24. The van der Waals surface area contributed by atoms with Crippen molar-refractivity contribution in [3.05, 3.63) is 51.7 Å². The first-order valence-electron chi connectivity index (χ1n) is 6.95. The lowest BCUT2D eigenvalue weighted by molar-refractivity contribution is 0.215. The first-order valence-corrected chi connectivity index (χ1v) is 8.88. The van der Waals surface area contributed by atoms with Gasteiger partial charge < -0.3 is 10.2 Å². The number of hydrogen-bond acceptors (Lipinski definition) is 3. The topological polar surface area (TPSA) is 32.3 Å². The van der Waals surface area contributed by atoms with E-state index in [9.17, 15) is 4.79 Å². The molecular weight excluding hydrogens is 300 g/mol. The average Bonchev–Trinajstić information content (AvgIpc) is 3.13. The van der Waals surface area contributed by atoms with Crippen LogP contribution in [0, 0.1) is 13.8 Å². The van der Waals surface area contributed by atoms with E-state index in [1.165, 1.54) is 10.4 Å². The van der Waals surface area contributed by atoms with E-state index >= 15 is 0 Å². The van der Waals surface area contributed by atoms with E-state index in [0.29, 0.717) is 0 Å². The molecule has 0 radical (unpaired) electrons. The molecule has 0 saturated carbocycles. The van der Waals surface area contributed by atoms with Gasteiger partial charge in [0.05, 0.1) is 0 Å². The zero-order valence-electron chi connectivity index (χ0n) is 12.1. The van der Waals surface area contributed by atoms with Crippen molar-refractivity contribution in [1.82, 2.24) is 4.90 Å². The molecule has 3 nitrogen and oxygen atoms in total. The smallest absolute Gasteiger partial charge is 0.308 e. The lowest BCUT2D eigenvalue weighted by atomic mass is 10.1. The number of thiophene rings is 1. The maximum atomic E-state index is 12.6. The summed E-state index contributed by atoms with van der Waals surface area (Å²) in [7, 11) is 0. The second-order valence-electron chi connectivity index (χ2n) is 5.11. The normalized spacial score (nSPS) is 18.0. The molecular formula is C16H18N2OS2. The number of hydrogen-bond donors (Lipinski definition) is 1. The third kappa shape index (κ3) is 2.94. The summed E-state index contributed by atoms with van der Waals surface area (Å²) in [4.78, 5) is 15.8. The second kappa shape index (κ2) is 6.12. The van der Waals surface area contributed by atoms with Crippen molar-refractivity contribution < 1.29 is 4.79 Å². The Morgan fingerprint density at radius 2 is 2.14 bits per heavy atom. The van der Waals surface area contributed by atoms with Gasteiger partial charge in [0.25, 0.3) is 0 Å². The molecule has 0 aliphatic carbocycles. The van der Waals surface area contributed by atoms with E-state index < -0.39 is 0 Å². The van der Waals surface area contributed by atoms with Crippen LogP contribution in [0.25, 0.3) is 0 Å². The monoisotopic (exact) mass is 318 g/mol. The third-order valence-corrected chi connectivity index (χ3v) is 6.10. The number of carbonyl (C=O) groups is 1. The molecule has 21 heavy (non-hydrogen) atoms. The summed E-state index contributed by atoms with van der Waals surface area (Å²) in [5, 5.41) is 5.28. The van der Waals surface area contributed by atoms with Gasteiger partial charge in [0, 0.05) is 22.9 Å². The fraction of sp³-hybridized carbons (Fsp3) is 0.312. The standard InChI is InChI=1S/C16H18N2OS2/c1-11-5-3-6-13(12(11)2)17-16(19)18-8-10-21-15(18)14-7-4-9-20-14/h3-7,9,15H,8,10H2,1-2H3,(H,17,19)/t15-/m1/s1. The van der Waals surface area contributed by atoms with Gasteiger partial charge in [-0.1, -0.05) is 18.2 Å². The number of benzene rings is 1. The Morgan fingerprint density at radius 1 is 1.29 bits per heavy atom. The summed E-state index contributed by atoms with van der Waals surface area (Å²) in [5.74, 6) is 0.989. The molecule has 0 spiro atoms. The number of nitrogens with one attached hydrogen (secondary N) is 1. The van der Waals surface area contributed by atoms with E-state index in [2.05, 4.69) is 29.8 Å². The van der Waals surface area contributed by atoms with E-state index in [1.807, 2.05) is 41.8 Å². The molecule has 1 fully saturated rings. The van der Waals surface area contributed by atoms with Crippen molar-refractivity contribution in [1.29, 1.82) is 0 Å². The van der Waals surface area contributed by atoms with Gasteiger partial charge in [0.15, 0.2) is 0 Å². The first kappa shape index (κ1) is 14.5. The highest BCUT2D eigenvalue weighted by Crippen LogP contribution is 2.40. The Bertz CT molecular complexity index is 640. The molecule has 2 aromatic rings. The second-order valence-corrected chi connectivity index (χ2v) is 7.28. The van der Waals surface area contributed by atoms with Gasteiger partial charge in [-0.2, -0.15) is 0 Å². The minimum Gasteiger partial charge on any atom is -0.308 e. The number of aryl methyl sites for hydroxylation is 1. The maximum Gasteiger partial charge on any atom is 0.323 e. The van der Waals surface area contributed by atoms with Crippen molar-refractivity contribution >= 4 is 34.8 Å². The summed E-state index contributed by atoms with van der Waals surface area (Å²) in [5.41, 5.74) is 3.23. The molecule has 2 heterocycles. The summed E-state index contributed by atoms with van der Waals surface area (Å²) < 4.78 is 0. The molecule has 5 heteroatoms. The molecule has 0 unspecified atom stereocenters. The van der Waals surface area contributed by atoms with Gasteiger partial charge in [-0.25, -0.2) is 4.79 Å². The van der Waals surface area contributed by atoms with Crippen LogP contribution in [0.2, 0.25) is 0 Å². The van der Waals surface area contributed by atoms with Crippen LogP contribution in [0.4, 0.5) is 10.5 Å².